The molecule has 1 aromatic rings. The van der Waals surface area contributed by atoms with Gasteiger partial charge in [-0.25, -0.2) is 0 Å². The fraction of sp³-hybridized carbons (Fsp3) is 0.286. The number of nitrogens with zero attached hydrogens (tertiary/aromatic N) is 1. The van der Waals surface area contributed by atoms with Crippen molar-refractivity contribution in [1.29, 1.82) is 0 Å². The summed E-state index contributed by atoms with van der Waals surface area (Å²) in [6.45, 7) is 4.47. The molecule has 1 atom stereocenters. The molecule has 2 rings (SSSR count). The van der Waals surface area contributed by atoms with Crippen molar-refractivity contribution in [2.24, 2.45) is 5.92 Å². The molecule has 1 aromatic carbocycles. The molecule has 94 valence electrons. The van der Waals surface area contributed by atoms with Crippen molar-refractivity contribution in [2.75, 3.05) is 18.0 Å². The molecule has 1 fully saturated rings. The summed E-state index contributed by atoms with van der Waals surface area (Å²) < 4.78 is 0. The van der Waals surface area contributed by atoms with Crippen molar-refractivity contribution >= 4 is 17.5 Å². The van der Waals surface area contributed by atoms with Crippen molar-refractivity contribution in [3.05, 3.63) is 43.0 Å². The van der Waals surface area contributed by atoms with Crippen molar-refractivity contribution in [1.82, 2.24) is 5.32 Å². The van der Waals surface area contributed by atoms with Gasteiger partial charge in [-0.2, -0.15) is 0 Å². The van der Waals surface area contributed by atoms with Gasteiger partial charge in [0, 0.05) is 18.8 Å². The quantitative estimate of drug-likeness (QED) is 0.813. The van der Waals surface area contributed by atoms with Crippen LogP contribution in [0.25, 0.3) is 0 Å². The van der Waals surface area contributed by atoms with Crippen LogP contribution in [-0.4, -0.2) is 24.9 Å². The van der Waals surface area contributed by atoms with Gasteiger partial charge in [-0.05, 0) is 24.6 Å². The van der Waals surface area contributed by atoms with Gasteiger partial charge in [0.1, 0.15) is 0 Å². The SMILES string of the molecule is C=CC(=O)NCC1CCN(c2ccccc2)C1=O. The van der Waals surface area contributed by atoms with Crippen LogP contribution < -0.4 is 10.2 Å². The normalized spacial score (nSPS) is 18.8. The van der Waals surface area contributed by atoms with E-state index in [1.807, 2.05) is 30.3 Å². The molecule has 0 spiro atoms. The van der Waals surface area contributed by atoms with E-state index < -0.39 is 0 Å². The van der Waals surface area contributed by atoms with Crippen molar-refractivity contribution in [2.45, 2.75) is 6.42 Å². The number of rotatable bonds is 4. The number of benzene rings is 1. The van der Waals surface area contributed by atoms with Crippen LogP contribution in [0.15, 0.2) is 43.0 Å². The molecule has 2 amide bonds. The predicted octanol–water partition coefficient (Wildman–Crippen LogP) is 1.34. The lowest BCUT2D eigenvalue weighted by Crippen LogP contribution is -2.33. The van der Waals surface area contributed by atoms with E-state index >= 15 is 0 Å². The van der Waals surface area contributed by atoms with E-state index in [0.29, 0.717) is 13.1 Å². The van der Waals surface area contributed by atoms with Crippen LogP contribution >= 0.6 is 0 Å². The van der Waals surface area contributed by atoms with Gasteiger partial charge >= 0.3 is 0 Å². The maximum absolute atomic E-state index is 12.2. The van der Waals surface area contributed by atoms with Gasteiger partial charge in [0.15, 0.2) is 0 Å². The summed E-state index contributed by atoms with van der Waals surface area (Å²) in [4.78, 5) is 25.0. The van der Waals surface area contributed by atoms with E-state index in [-0.39, 0.29) is 17.7 Å². The molecule has 4 nitrogen and oxygen atoms in total. The summed E-state index contributed by atoms with van der Waals surface area (Å²) in [5, 5.41) is 2.67. The molecular formula is C14H16N2O2. The average Bonchev–Trinajstić information content (AvgIpc) is 2.78. The van der Waals surface area contributed by atoms with Crippen LogP contribution in [0.4, 0.5) is 5.69 Å². The first-order valence-electron chi connectivity index (χ1n) is 5.99. The Balaban J connectivity index is 1.97. The molecule has 18 heavy (non-hydrogen) atoms. The summed E-state index contributed by atoms with van der Waals surface area (Å²) in [6.07, 6.45) is 1.99. The lowest BCUT2D eigenvalue weighted by Gasteiger charge is -2.16. The molecule has 0 aliphatic carbocycles. The minimum Gasteiger partial charge on any atom is -0.352 e. The Morgan fingerprint density at radius 2 is 2.17 bits per heavy atom. The second-order valence-electron chi connectivity index (χ2n) is 4.26. The van der Waals surface area contributed by atoms with E-state index in [1.54, 1.807) is 4.90 Å². The number of amides is 2. The molecule has 0 radical (unpaired) electrons. The highest BCUT2D eigenvalue weighted by molar-refractivity contribution is 5.97. The Bertz CT molecular complexity index is 456. The second kappa shape index (κ2) is 5.49. The maximum atomic E-state index is 12.2. The summed E-state index contributed by atoms with van der Waals surface area (Å²) in [5.41, 5.74) is 0.917. The first-order chi connectivity index (χ1) is 8.72. The van der Waals surface area contributed by atoms with Gasteiger partial charge in [-0.1, -0.05) is 24.8 Å². The van der Waals surface area contributed by atoms with Crippen molar-refractivity contribution in [3.8, 4) is 0 Å². The van der Waals surface area contributed by atoms with Gasteiger partial charge < -0.3 is 10.2 Å². The zero-order chi connectivity index (χ0) is 13.0. The monoisotopic (exact) mass is 244 g/mol. The molecule has 1 heterocycles. The minimum absolute atomic E-state index is 0.0746. The first-order valence-corrected chi connectivity index (χ1v) is 5.99. The van der Waals surface area contributed by atoms with Crippen molar-refractivity contribution < 1.29 is 9.59 Å². The number of carbonyl (C=O) groups is 2. The van der Waals surface area contributed by atoms with Crippen molar-refractivity contribution in [3.63, 3.8) is 0 Å². The number of hydrogen-bond donors (Lipinski definition) is 1. The lowest BCUT2D eigenvalue weighted by molar-refractivity contribution is -0.120. The molecular weight excluding hydrogens is 228 g/mol. The molecule has 1 unspecified atom stereocenters. The Hall–Kier alpha value is -2.10. The highest BCUT2D eigenvalue weighted by atomic mass is 16.2. The van der Waals surface area contributed by atoms with Crippen LogP contribution in [0.1, 0.15) is 6.42 Å². The third-order valence-electron chi connectivity index (χ3n) is 3.09. The number of carbonyl (C=O) groups excluding carboxylic acids is 2. The molecule has 4 heteroatoms. The van der Waals surface area contributed by atoms with Gasteiger partial charge in [-0.15, -0.1) is 0 Å². The lowest BCUT2D eigenvalue weighted by atomic mass is 10.1. The van der Waals surface area contributed by atoms with E-state index in [1.165, 1.54) is 6.08 Å². The Kier molecular flexibility index (Phi) is 3.77. The Labute approximate surface area is 106 Å². The van der Waals surface area contributed by atoms with E-state index in [0.717, 1.165) is 12.1 Å². The molecule has 0 saturated carbocycles. The van der Waals surface area contributed by atoms with Gasteiger partial charge in [0.05, 0.1) is 5.92 Å². The van der Waals surface area contributed by atoms with Crippen LogP contribution in [0, 0.1) is 5.92 Å². The van der Waals surface area contributed by atoms with Gasteiger partial charge in [-0.3, -0.25) is 9.59 Å². The fourth-order valence-corrected chi connectivity index (χ4v) is 2.09. The summed E-state index contributed by atoms with van der Waals surface area (Å²) in [7, 11) is 0. The highest BCUT2D eigenvalue weighted by Gasteiger charge is 2.32. The highest BCUT2D eigenvalue weighted by Crippen LogP contribution is 2.24. The summed E-state index contributed by atoms with van der Waals surface area (Å²) in [5.74, 6) is -0.291. The summed E-state index contributed by atoms with van der Waals surface area (Å²) >= 11 is 0. The molecule has 1 aliphatic heterocycles. The number of hydrogen-bond acceptors (Lipinski definition) is 2. The molecule has 1 N–H and O–H groups in total. The largest absolute Gasteiger partial charge is 0.352 e. The average molecular weight is 244 g/mol. The van der Waals surface area contributed by atoms with Crippen LogP contribution in [0.3, 0.4) is 0 Å². The van der Waals surface area contributed by atoms with Crippen LogP contribution in [0.2, 0.25) is 0 Å². The Morgan fingerprint density at radius 1 is 1.44 bits per heavy atom. The number of nitrogens with one attached hydrogen (secondary N) is 1. The molecule has 0 bridgehead atoms. The smallest absolute Gasteiger partial charge is 0.243 e. The van der Waals surface area contributed by atoms with Crippen LogP contribution in [-0.2, 0) is 9.59 Å². The molecule has 0 aromatic heterocycles. The van der Waals surface area contributed by atoms with E-state index in [2.05, 4.69) is 11.9 Å². The number of anilines is 1. The van der Waals surface area contributed by atoms with E-state index in [9.17, 15) is 9.59 Å². The third kappa shape index (κ3) is 2.59. The maximum Gasteiger partial charge on any atom is 0.243 e. The second-order valence-corrected chi connectivity index (χ2v) is 4.26. The number of para-hydroxylation sites is 1. The minimum atomic E-state index is -0.235. The van der Waals surface area contributed by atoms with Gasteiger partial charge in [0.2, 0.25) is 11.8 Å². The van der Waals surface area contributed by atoms with Crippen LogP contribution in [0.5, 0.6) is 0 Å². The topological polar surface area (TPSA) is 49.4 Å². The van der Waals surface area contributed by atoms with E-state index in [4.69, 9.17) is 0 Å². The fourth-order valence-electron chi connectivity index (χ4n) is 2.09. The standard InChI is InChI=1S/C14H16N2O2/c1-2-13(17)15-10-11-8-9-16(14(11)18)12-6-4-3-5-7-12/h2-7,11H,1,8-10H2,(H,15,17). The Morgan fingerprint density at radius 3 is 2.83 bits per heavy atom. The first kappa shape index (κ1) is 12.4. The molecule has 1 saturated heterocycles. The molecule has 1 aliphatic rings. The summed E-state index contributed by atoms with van der Waals surface area (Å²) in [6, 6.07) is 9.59. The zero-order valence-corrected chi connectivity index (χ0v) is 10.1. The zero-order valence-electron chi connectivity index (χ0n) is 10.1. The predicted molar refractivity (Wildman–Crippen MR) is 70.1 cm³/mol. The van der Waals surface area contributed by atoms with Gasteiger partial charge in [0.25, 0.3) is 0 Å². The third-order valence-corrected chi connectivity index (χ3v) is 3.09.